The number of anilines is 4. The molecule has 0 amide bonds. The van der Waals surface area contributed by atoms with Crippen molar-refractivity contribution in [1.82, 2.24) is 0 Å². The molecule has 0 bridgehead atoms. The minimum absolute atomic E-state index is 0.600. The number of nitrogens with one attached hydrogen (secondary N) is 2. The van der Waals surface area contributed by atoms with Crippen LogP contribution in [0.1, 0.15) is 11.1 Å². The Labute approximate surface area is 104 Å². The van der Waals surface area contributed by atoms with E-state index in [2.05, 4.69) is 22.8 Å². The highest BCUT2D eigenvalue weighted by atomic mass is 15.0. The van der Waals surface area contributed by atoms with Gasteiger partial charge in [-0.2, -0.15) is 10.5 Å². The van der Waals surface area contributed by atoms with Gasteiger partial charge in [-0.15, -0.1) is 0 Å². The van der Waals surface area contributed by atoms with Gasteiger partial charge in [-0.3, -0.25) is 0 Å². The monoisotopic (exact) mass is 232 g/mol. The molecule has 0 radical (unpaired) electrons. The molecule has 0 fully saturated rings. The van der Waals surface area contributed by atoms with Crippen LogP contribution in [0.3, 0.4) is 0 Å². The molecule has 0 atom stereocenters. The number of hydrogen-bond acceptors (Lipinski definition) is 4. The van der Waals surface area contributed by atoms with Crippen molar-refractivity contribution in [1.29, 1.82) is 10.5 Å². The molecule has 0 unspecified atom stereocenters. The lowest BCUT2D eigenvalue weighted by molar-refractivity contribution is 1.41. The van der Waals surface area contributed by atoms with Crippen molar-refractivity contribution in [3.63, 3.8) is 0 Å². The molecule has 1 aliphatic rings. The molecule has 2 aromatic carbocycles. The third kappa shape index (κ3) is 1.53. The van der Waals surface area contributed by atoms with Crippen LogP contribution in [0.25, 0.3) is 0 Å². The average Bonchev–Trinajstić information content (AvgIpc) is 2.43. The van der Waals surface area contributed by atoms with E-state index in [4.69, 9.17) is 10.5 Å². The first-order chi connectivity index (χ1) is 8.80. The second kappa shape index (κ2) is 3.80. The van der Waals surface area contributed by atoms with Gasteiger partial charge in [0.15, 0.2) is 0 Å². The average molecular weight is 232 g/mol. The van der Waals surface area contributed by atoms with Gasteiger partial charge in [-0.1, -0.05) is 0 Å². The number of rotatable bonds is 0. The third-order valence-corrected chi connectivity index (χ3v) is 2.84. The molecule has 4 nitrogen and oxygen atoms in total. The van der Waals surface area contributed by atoms with Crippen LogP contribution in [0.2, 0.25) is 0 Å². The van der Waals surface area contributed by atoms with Crippen molar-refractivity contribution in [3.05, 3.63) is 47.5 Å². The summed E-state index contributed by atoms with van der Waals surface area (Å²) in [6.07, 6.45) is 0. The van der Waals surface area contributed by atoms with Crippen molar-refractivity contribution in [3.8, 4) is 12.1 Å². The first-order valence-corrected chi connectivity index (χ1v) is 5.42. The van der Waals surface area contributed by atoms with E-state index in [0.717, 1.165) is 22.7 Å². The van der Waals surface area contributed by atoms with Crippen LogP contribution in [0, 0.1) is 22.7 Å². The van der Waals surface area contributed by atoms with E-state index in [0.29, 0.717) is 11.1 Å². The molecular formula is C14H8N4. The summed E-state index contributed by atoms with van der Waals surface area (Å²) in [5, 5.41) is 24.2. The molecular weight excluding hydrogens is 224 g/mol. The standard InChI is InChI=1S/C14H8N4/c15-7-9-1-3-11-13(5-9)18-14-6-10(8-16)2-4-12(14)17-11/h1-6,17-18H. The Morgan fingerprint density at radius 1 is 0.667 bits per heavy atom. The zero-order chi connectivity index (χ0) is 12.5. The molecule has 0 saturated heterocycles. The Morgan fingerprint density at radius 2 is 1.11 bits per heavy atom. The quantitative estimate of drug-likeness (QED) is 0.624. The Morgan fingerprint density at radius 3 is 1.56 bits per heavy atom. The SMILES string of the molecule is N#Cc1ccc2c(c1)Nc1cc(C#N)ccc1N2. The van der Waals surface area contributed by atoms with Crippen LogP contribution in [0.15, 0.2) is 36.4 Å². The van der Waals surface area contributed by atoms with Gasteiger partial charge < -0.3 is 10.6 Å². The highest BCUT2D eigenvalue weighted by Crippen LogP contribution is 2.38. The fourth-order valence-electron chi connectivity index (χ4n) is 1.94. The lowest BCUT2D eigenvalue weighted by Crippen LogP contribution is -2.06. The Kier molecular flexibility index (Phi) is 2.15. The highest BCUT2D eigenvalue weighted by molar-refractivity contribution is 5.91. The molecule has 0 spiro atoms. The van der Waals surface area contributed by atoms with E-state index in [1.54, 1.807) is 24.3 Å². The summed E-state index contributed by atoms with van der Waals surface area (Å²) in [6, 6.07) is 15.0. The normalized spacial score (nSPS) is 11.0. The summed E-state index contributed by atoms with van der Waals surface area (Å²) < 4.78 is 0. The van der Waals surface area contributed by atoms with Gasteiger partial charge in [-0.25, -0.2) is 0 Å². The van der Waals surface area contributed by atoms with Crippen LogP contribution in [-0.4, -0.2) is 0 Å². The zero-order valence-electron chi connectivity index (χ0n) is 9.36. The molecule has 84 valence electrons. The Bertz CT molecular complexity index is 658. The van der Waals surface area contributed by atoms with E-state index < -0.39 is 0 Å². The van der Waals surface area contributed by atoms with Gasteiger partial charge in [0.2, 0.25) is 0 Å². The third-order valence-electron chi connectivity index (χ3n) is 2.84. The van der Waals surface area contributed by atoms with Crippen LogP contribution in [-0.2, 0) is 0 Å². The zero-order valence-corrected chi connectivity index (χ0v) is 9.36. The van der Waals surface area contributed by atoms with E-state index in [1.165, 1.54) is 0 Å². The van der Waals surface area contributed by atoms with E-state index in [-0.39, 0.29) is 0 Å². The molecule has 2 aromatic rings. The van der Waals surface area contributed by atoms with Crippen molar-refractivity contribution >= 4 is 22.7 Å². The fraction of sp³-hybridized carbons (Fsp3) is 0. The van der Waals surface area contributed by atoms with Crippen molar-refractivity contribution < 1.29 is 0 Å². The van der Waals surface area contributed by atoms with Gasteiger partial charge in [0, 0.05) is 0 Å². The molecule has 1 heterocycles. The molecule has 1 aliphatic heterocycles. The molecule has 0 saturated carbocycles. The van der Waals surface area contributed by atoms with E-state index in [9.17, 15) is 0 Å². The van der Waals surface area contributed by atoms with Crippen LogP contribution in [0.5, 0.6) is 0 Å². The first kappa shape index (κ1) is 10.2. The van der Waals surface area contributed by atoms with Crippen LogP contribution in [0.4, 0.5) is 22.7 Å². The molecule has 0 aromatic heterocycles. The van der Waals surface area contributed by atoms with E-state index >= 15 is 0 Å². The Balaban J connectivity index is 2.07. The largest absolute Gasteiger partial charge is 0.352 e. The summed E-state index contributed by atoms with van der Waals surface area (Å²) in [5.41, 5.74) is 4.73. The van der Waals surface area contributed by atoms with Crippen LogP contribution >= 0.6 is 0 Å². The topological polar surface area (TPSA) is 71.6 Å². The number of benzene rings is 2. The number of nitrogens with zero attached hydrogens (tertiary/aromatic N) is 2. The first-order valence-electron chi connectivity index (χ1n) is 5.42. The molecule has 18 heavy (non-hydrogen) atoms. The molecule has 4 heteroatoms. The van der Waals surface area contributed by atoms with Crippen molar-refractivity contribution in [2.45, 2.75) is 0 Å². The number of hydrogen-bond donors (Lipinski definition) is 2. The summed E-state index contributed by atoms with van der Waals surface area (Å²) >= 11 is 0. The van der Waals surface area contributed by atoms with Crippen LogP contribution < -0.4 is 10.6 Å². The lowest BCUT2D eigenvalue weighted by atomic mass is 10.1. The maximum Gasteiger partial charge on any atom is 0.0992 e. The second-order valence-corrected chi connectivity index (χ2v) is 3.99. The minimum Gasteiger partial charge on any atom is -0.352 e. The van der Waals surface area contributed by atoms with Gasteiger partial charge in [0.25, 0.3) is 0 Å². The Hall–Kier alpha value is -2.98. The summed E-state index contributed by atoms with van der Waals surface area (Å²) in [7, 11) is 0. The predicted octanol–water partition coefficient (Wildman–Crippen LogP) is 3.23. The summed E-state index contributed by atoms with van der Waals surface area (Å²) in [4.78, 5) is 0. The minimum atomic E-state index is 0.600. The van der Waals surface area contributed by atoms with Crippen molar-refractivity contribution in [2.24, 2.45) is 0 Å². The molecule has 3 rings (SSSR count). The maximum absolute atomic E-state index is 8.88. The maximum atomic E-state index is 8.88. The number of fused-ring (bicyclic) bond motifs is 2. The van der Waals surface area contributed by atoms with Gasteiger partial charge in [0.1, 0.15) is 0 Å². The van der Waals surface area contributed by atoms with Crippen molar-refractivity contribution in [2.75, 3.05) is 10.6 Å². The van der Waals surface area contributed by atoms with Gasteiger partial charge in [-0.05, 0) is 36.4 Å². The second-order valence-electron chi connectivity index (χ2n) is 3.99. The summed E-state index contributed by atoms with van der Waals surface area (Å²) in [6.45, 7) is 0. The highest BCUT2D eigenvalue weighted by Gasteiger charge is 2.14. The predicted molar refractivity (Wildman–Crippen MR) is 68.9 cm³/mol. The smallest absolute Gasteiger partial charge is 0.0992 e. The molecule has 0 aliphatic carbocycles. The van der Waals surface area contributed by atoms with Gasteiger partial charge in [0.05, 0.1) is 46.0 Å². The lowest BCUT2D eigenvalue weighted by Gasteiger charge is -2.23. The summed E-state index contributed by atoms with van der Waals surface area (Å²) in [5.74, 6) is 0. The number of nitriles is 2. The van der Waals surface area contributed by atoms with Gasteiger partial charge >= 0.3 is 0 Å². The molecule has 2 N–H and O–H groups in total. The van der Waals surface area contributed by atoms with E-state index in [1.807, 2.05) is 12.1 Å². The fourth-order valence-corrected chi connectivity index (χ4v) is 1.94.